The Morgan fingerprint density at radius 1 is 1.32 bits per heavy atom. The maximum absolute atomic E-state index is 13.4. The molecule has 2 amide bonds. The Balaban J connectivity index is 1.11. The number of likely N-dealkylation sites (tertiary alicyclic amines) is 3. The quantitative estimate of drug-likeness (QED) is 0.542. The van der Waals surface area contributed by atoms with Crippen molar-refractivity contribution in [2.45, 2.75) is 68.4 Å². The lowest BCUT2D eigenvalue weighted by Crippen LogP contribution is -2.57. The largest absolute Gasteiger partial charge is 0.755 e. The van der Waals surface area contributed by atoms with Crippen LogP contribution in [0.15, 0.2) is 18.2 Å². The SMILES string of the molecule is N#C[C@@H]1CC2C[C@@H]2N1C(=O)[C@@H](N)CN1C[C@@H]2C[C@H]1C(=O)N2[C@H]1CCc2cc(NS(=O)[O-])ccc21. The second-order valence-electron chi connectivity index (χ2n) is 10.2. The van der Waals surface area contributed by atoms with E-state index in [2.05, 4.69) is 10.8 Å². The van der Waals surface area contributed by atoms with Crippen molar-refractivity contribution in [1.29, 1.82) is 5.26 Å². The van der Waals surface area contributed by atoms with Crippen LogP contribution in [-0.2, 0) is 27.3 Å². The Labute approximate surface area is 200 Å². The molecule has 1 aromatic rings. The van der Waals surface area contributed by atoms with Gasteiger partial charge in [-0.25, -0.2) is 0 Å². The van der Waals surface area contributed by atoms with Gasteiger partial charge in [-0.2, -0.15) is 5.26 Å². The maximum atomic E-state index is 13.4. The number of nitriles is 1. The number of piperidine rings is 1. The molecule has 11 heteroatoms. The molecule has 3 aliphatic heterocycles. The van der Waals surface area contributed by atoms with Crippen molar-refractivity contribution < 1.29 is 18.4 Å². The van der Waals surface area contributed by atoms with E-state index in [9.17, 15) is 23.6 Å². The molecule has 3 N–H and O–H groups in total. The van der Waals surface area contributed by atoms with Crippen molar-refractivity contribution >= 4 is 28.8 Å². The first-order valence-electron chi connectivity index (χ1n) is 11.9. The molecule has 0 radical (unpaired) electrons. The number of nitrogens with zero attached hydrogens (tertiary/aromatic N) is 4. The van der Waals surface area contributed by atoms with E-state index in [1.165, 1.54) is 0 Å². The second-order valence-corrected chi connectivity index (χ2v) is 10.9. The van der Waals surface area contributed by atoms with Crippen molar-refractivity contribution in [1.82, 2.24) is 14.7 Å². The summed E-state index contributed by atoms with van der Waals surface area (Å²) in [6, 6.07) is 6.60. The highest BCUT2D eigenvalue weighted by molar-refractivity contribution is 7.80. The third-order valence-electron chi connectivity index (χ3n) is 8.30. The van der Waals surface area contributed by atoms with Crippen molar-refractivity contribution in [2.24, 2.45) is 11.7 Å². The summed E-state index contributed by atoms with van der Waals surface area (Å²) < 4.78 is 24.2. The first kappa shape index (κ1) is 22.0. The number of anilines is 1. The number of hydrogen-bond donors (Lipinski definition) is 2. The van der Waals surface area contributed by atoms with Gasteiger partial charge in [-0.15, -0.1) is 0 Å². The molecular weight excluding hydrogens is 456 g/mol. The molecule has 6 rings (SSSR count). The monoisotopic (exact) mass is 483 g/mol. The van der Waals surface area contributed by atoms with Crippen LogP contribution in [0.3, 0.4) is 0 Å². The van der Waals surface area contributed by atoms with Crippen LogP contribution >= 0.6 is 0 Å². The van der Waals surface area contributed by atoms with E-state index in [1.807, 2.05) is 21.9 Å². The van der Waals surface area contributed by atoms with E-state index in [0.29, 0.717) is 24.7 Å². The van der Waals surface area contributed by atoms with Crippen LogP contribution < -0.4 is 10.5 Å². The molecule has 4 fully saturated rings. The first-order valence-corrected chi connectivity index (χ1v) is 13.0. The lowest BCUT2D eigenvalue weighted by molar-refractivity contribution is -0.141. The molecule has 3 heterocycles. The zero-order chi connectivity index (χ0) is 23.7. The summed E-state index contributed by atoms with van der Waals surface area (Å²) in [5.41, 5.74) is 8.98. The standard InChI is InChI=1S/C23H28N6O4S/c24-9-15-6-13-7-20(13)28(15)22(30)18(25)11-27-10-16-8-21(27)23(31)29(16)19-4-1-12-5-14(26-34(32)33)2-3-17(12)19/h2-3,5,13,15-16,18-21,26H,1,4,6-8,10-11,25H2,(H,32,33)/p-1/t13?,15-,16-,18-,19-,20-,21-/m0/s1. The number of benzene rings is 1. The predicted octanol–water partition coefficient (Wildman–Crippen LogP) is 0.00528. The zero-order valence-corrected chi connectivity index (χ0v) is 19.4. The van der Waals surface area contributed by atoms with Gasteiger partial charge in [0.05, 0.1) is 24.2 Å². The van der Waals surface area contributed by atoms with Gasteiger partial charge in [-0.05, 0) is 61.3 Å². The number of nitrogens with two attached hydrogens (primary N) is 1. The Bertz CT molecular complexity index is 1120. The fourth-order valence-corrected chi connectivity index (χ4v) is 7.07. The highest BCUT2D eigenvalue weighted by Gasteiger charge is 2.56. The van der Waals surface area contributed by atoms with Gasteiger partial charge in [0.15, 0.2) is 0 Å². The van der Waals surface area contributed by atoms with E-state index in [4.69, 9.17) is 5.73 Å². The summed E-state index contributed by atoms with van der Waals surface area (Å²) in [5, 5.41) is 9.39. The van der Waals surface area contributed by atoms with Crippen LogP contribution in [0.5, 0.6) is 0 Å². The number of nitrogens with one attached hydrogen (secondary N) is 1. The van der Waals surface area contributed by atoms with Crippen molar-refractivity contribution in [3.05, 3.63) is 29.3 Å². The number of carbonyl (C=O) groups excluding carboxylic acids is 2. The average Bonchev–Trinajstić information content (AvgIpc) is 3.14. The lowest BCUT2D eigenvalue weighted by Gasteiger charge is -2.38. The van der Waals surface area contributed by atoms with Gasteiger partial charge in [0, 0.05) is 42.1 Å². The maximum Gasteiger partial charge on any atom is 0.242 e. The molecule has 0 aromatic heterocycles. The summed E-state index contributed by atoms with van der Waals surface area (Å²) in [5.74, 6) is 0.356. The number of hydrogen-bond acceptors (Lipinski definition) is 7. The van der Waals surface area contributed by atoms with E-state index in [0.717, 1.165) is 43.2 Å². The second kappa shape index (κ2) is 8.02. The summed E-state index contributed by atoms with van der Waals surface area (Å²) in [6.07, 6.45) is 4.06. The van der Waals surface area contributed by atoms with E-state index in [1.54, 1.807) is 11.0 Å². The molecule has 5 aliphatic rings. The molecule has 2 aliphatic carbocycles. The van der Waals surface area contributed by atoms with E-state index in [-0.39, 0.29) is 42.0 Å². The Hall–Kier alpha value is -2.52. The summed E-state index contributed by atoms with van der Waals surface area (Å²) >= 11 is -2.37. The van der Waals surface area contributed by atoms with Gasteiger partial charge in [-0.1, -0.05) is 6.07 Å². The van der Waals surface area contributed by atoms with Gasteiger partial charge in [-0.3, -0.25) is 18.7 Å². The third kappa shape index (κ3) is 3.43. The molecule has 0 spiro atoms. The summed E-state index contributed by atoms with van der Waals surface area (Å²) in [6.45, 7) is 1.01. The molecule has 8 atom stereocenters. The Morgan fingerprint density at radius 3 is 2.88 bits per heavy atom. The van der Waals surface area contributed by atoms with Crippen molar-refractivity contribution in [3.8, 4) is 6.07 Å². The Kier molecular flexibility index (Phi) is 5.18. The predicted molar refractivity (Wildman–Crippen MR) is 121 cm³/mol. The van der Waals surface area contributed by atoms with Gasteiger partial charge in [0.2, 0.25) is 11.8 Å². The number of amides is 2. The molecule has 1 aromatic carbocycles. The number of carbonyl (C=O) groups is 2. The Morgan fingerprint density at radius 2 is 2.15 bits per heavy atom. The zero-order valence-electron chi connectivity index (χ0n) is 18.6. The molecule has 34 heavy (non-hydrogen) atoms. The number of rotatable bonds is 6. The normalized spacial score (nSPS) is 35.1. The van der Waals surface area contributed by atoms with Crippen LogP contribution in [0.4, 0.5) is 5.69 Å². The van der Waals surface area contributed by atoms with Crippen LogP contribution in [0, 0.1) is 17.2 Å². The number of piperazine rings is 1. The van der Waals surface area contributed by atoms with Gasteiger partial charge in [0.25, 0.3) is 0 Å². The van der Waals surface area contributed by atoms with E-state index < -0.39 is 17.3 Å². The fourth-order valence-electron chi connectivity index (χ4n) is 6.75. The molecular formula is C23H27N6O4S-. The van der Waals surface area contributed by atoms with Gasteiger partial charge >= 0.3 is 0 Å². The minimum Gasteiger partial charge on any atom is -0.755 e. The molecule has 2 unspecified atom stereocenters. The fraction of sp³-hybridized carbons (Fsp3) is 0.609. The van der Waals surface area contributed by atoms with Crippen LogP contribution in [0.25, 0.3) is 0 Å². The van der Waals surface area contributed by atoms with Crippen molar-refractivity contribution in [2.75, 3.05) is 17.8 Å². The highest BCUT2D eigenvalue weighted by atomic mass is 32.2. The van der Waals surface area contributed by atoms with E-state index >= 15 is 0 Å². The van der Waals surface area contributed by atoms with Gasteiger partial charge in [0.1, 0.15) is 6.04 Å². The molecule has 1 saturated carbocycles. The molecule has 2 bridgehead atoms. The summed E-state index contributed by atoms with van der Waals surface area (Å²) in [7, 11) is 0. The minimum absolute atomic E-state index is 0.00505. The average molecular weight is 484 g/mol. The lowest BCUT2D eigenvalue weighted by atomic mass is 10.0. The number of aryl methyl sites for hydroxylation is 1. The first-order chi connectivity index (χ1) is 16.4. The van der Waals surface area contributed by atoms with Crippen LogP contribution in [-0.4, -0.2) is 78.6 Å². The van der Waals surface area contributed by atoms with Crippen molar-refractivity contribution in [3.63, 3.8) is 0 Å². The smallest absolute Gasteiger partial charge is 0.242 e. The van der Waals surface area contributed by atoms with Crippen LogP contribution in [0.1, 0.15) is 42.9 Å². The number of fused-ring (bicyclic) bond motifs is 4. The van der Waals surface area contributed by atoms with Gasteiger partial charge < -0.3 is 24.8 Å². The van der Waals surface area contributed by atoms with Crippen LogP contribution in [0.2, 0.25) is 0 Å². The third-order valence-corrected chi connectivity index (χ3v) is 8.70. The summed E-state index contributed by atoms with van der Waals surface area (Å²) in [4.78, 5) is 32.1. The topological polar surface area (TPSA) is 146 Å². The molecule has 3 saturated heterocycles. The minimum atomic E-state index is -2.37. The highest BCUT2D eigenvalue weighted by Crippen LogP contribution is 2.48. The molecule has 180 valence electrons. The molecule has 10 nitrogen and oxygen atoms in total.